The molecular weight excluding hydrogens is 183 g/mol. The van der Waals surface area contributed by atoms with Crippen LogP contribution in [0, 0.1) is 0 Å². The Morgan fingerprint density at radius 2 is 2.21 bits per heavy atom. The Bertz CT molecular complexity index is 213. The molecule has 0 aromatic rings. The second kappa shape index (κ2) is 4.26. The number of carbonyl (C=O) groups is 1. The number of likely N-dealkylation sites (tertiary alicyclic amines) is 1. The zero-order valence-electron chi connectivity index (χ0n) is 9.14. The van der Waals surface area contributed by atoms with E-state index in [0.717, 1.165) is 0 Å². The molecule has 0 radical (unpaired) electrons. The van der Waals surface area contributed by atoms with Gasteiger partial charge in [0.15, 0.2) is 0 Å². The highest BCUT2D eigenvalue weighted by atomic mass is 19.1. The highest BCUT2D eigenvalue weighted by molar-refractivity contribution is 5.78. The summed E-state index contributed by atoms with van der Waals surface area (Å²) in [5.41, 5.74) is -0.202. The predicted octanol–water partition coefficient (Wildman–Crippen LogP) is 0.945. The summed E-state index contributed by atoms with van der Waals surface area (Å²) in [5.74, 6) is -0.0217. The number of carbonyl (C=O) groups excluding carboxylic acids is 1. The highest BCUT2D eigenvalue weighted by Gasteiger charge is 2.24. The molecule has 1 saturated heterocycles. The molecule has 1 rings (SSSR count). The first-order valence-electron chi connectivity index (χ1n) is 5.04. The fourth-order valence-corrected chi connectivity index (χ4v) is 1.59. The summed E-state index contributed by atoms with van der Waals surface area (Å²) in [7, 11) is 0. The van der Waals surface area contributed by atoms with Crippen LogP contribution in [0.2, 0.25) is 0 Å². The van der Waals surface area contributed by atoms with Crippen molar-refractivity contribution >= 4 is 5.91 Å². The van der Waals surface area contributed by atoms with Crippen LogP contribution in [-0.2, 0) is 4.79 Å². The first-order valence-corrected chi connectivity index (χ1v) is 5.04. The average Bonchev–Trinajstić information content (AvgIpc) is 2.30. The molecule has 0 aromatic heterocycles. The van der Waals surface area contributed by atoms with E-state index in [2.05, 4.69) is 5.32 Å². The lowest BCUT2D eigenvalue weighted by molar-refractivity contribution is -0.123. The number of amides is 1. The molecular formula is C10H19FN2O. The lowest BCUT2D eigenvalue weighted by atomic mass is 10.1. The van der Waals surface area contributed by atoms with Gasteiger partial charge in [-0.3, -0.25) is 9.69 Å². The van der Waals surface area contributed by atoms with Crippen LogP contribution in [0.5, 0.6) is 0 Å². The Morgan fingerprint density at radius 3 is 2.64 bits per heavy atom. The molecule has 1 atom stereocenters. The van der Waals surface area contributed by atoms with Crippen LogP contribution in [0.15, 0.2) is 0 Å². The number of rotatable bonds is 2. The first-order chi connectivity index (χ1) is 6.37. The molecule has 1 N–H and O–H groups in total. The SMILES string of the molecule is CC(C)(C)NC(=O)CN1CC[C@@H](F)C1. The largest absolute Gasteiger partial charge is 0.350 e. The van der Waals surface area contributed by atoms with E-state index in [9.17, 15) is 9.18 Å². The van der Waals surface area contributed by atoms with Crippen LogP contribution in [-0.4, -0.2) is 42.2 Å². The third kappa shape index (κ3) is 4.05. The van der Waals surface area contributed by atoms with Gasteiger partial charge < -0.3 is 5.32 Å². The fraction of sp³-hybridized carbons (Fsp3) is 0.900. The normalized spacial score (nSPS) is 23.9. The zero-order chi connectivity index (χ0) is 10.8. The van der Waals surface area contributed by atoms with Crippen molar-refractivity contribution in [2.45, 2.75) is 38.9 Å². The van der Waals surface area contributed by atoms with Gasteiger partial charge in [0.05, 0.1) is 6.54 Å². The lowest BCUT2D eigenvalue weighted by Gasteiger charge is -2.22. The quantitative estimate of drug-likeness (QED) is 0.723. The summed E-state index contributed by atoms with van der Waals surface area (Å²) in [5, 5.41) is 2.86. The van der Waals surface area contributed by atoms with Crippen molar-refractivity contribution in [3.8, 4) is 0 Å². The van der Waals surface area contributed by atoms with Crippen LogP contribution < -0.4 is 5.32 Å². The smallest absolute Gasteiger partial charge is 0.234 e. The topological polar surface area (TPSA) is 32.3 Å². The molecule has 14 heavy (non-hydrogen) atoms. The van der Waals surface area contributed by atoms with Crippen molar-refractivity contribution in [1.29, 1.82) is 0 Å². The third-order valence-electron chi connectivity index (χ3n) is 2.10. The fourth-order valence-electron chi connectivity index (χ4n) is 1.59. The Labute approximate surface area is 84.7 Å². The second-order valence-electron chi connectivity index (χ2n) is 4.92. The van der Waals surface area contributed by atoms with Gasteiger partial charge in [-0.05, 0) is 27.2 Å². The van der Waals surface area contributed by atoms with E-state index in [1.807, 2.05) is 25.7 Å². The summed E-state index contributed by atoms with van der Waals surface area (Å²) in [4.78, 5) is 13.3. The third-order valence-corrected chi connectivity index (χ3v) is 2.10. The Morgan fingerprint density at radius 1 is 1.57 bits per heavy atom. The van der Waals surface area contributed by atoms with E-state index in [1.54, 1.807) is 0 Å². The molecule has 0 spiro atoms. The molecule has 1 aliphatic heterocycles. The maximum atomic E-state index is 12.8. The van der Waals surface area contributed by atoms with Crippen molar-refractivity contribution in [2.24, 2.45) is 0 Å². The molecule has 1 amide bonds. The van der Waals surface area contributed by atoms with Gasteiger partial charge in [-0.15, -0.1) is 0 Å². The maximum absolute atomic E-state index is 12.8. The number of halogens is 1. The number of nitrogens with zero attached hydrogens (tertiary/aromatic N) is 1. The second-order valence-corrected chi connectivity index (χ2v) is 4.92. The highest BCUT2D eigenvalue weighted by Crippen LogP contribution is 2.11. The van der Waals surface area contributed by atoms with Crippen molar-refractivity contribution < 1.29 is 9.18 Å². The summed E-state index contributed by atoms with van der Waals surface area (Å²) >= 11 is 0. The van der Waals surface area contributed by atoms with Gasteiger partial charge in [-0.2, -0.15) is 0 Å². The van der Waals surface area contributed by atoms with Gasteiger partial charge in [0, 0.05) is 18.6 Å². The molecule has 0 unspecified atom stereocenters. The summed E-state index contributed by atoms with van der Waals surface area (Å²) in [6.45, 7) is 7.22. The van der Waals surface area contributed by atoms with Crippen molar-refractivity contribution in [3.63, 3.8) is 0 Å². The van der Waals surface area contributed by atoms with Gasteiger partial charge in [0.25, 0.3) is 0 Å². The van der Waals surface area contributed by atoms with Crippen LogP contribution in [0.25, 0.3) is 0 Å². The van der Waals surface area contributed by atoms with Gasteiger partial charge in [-0.25, -0.2) is 4.39 Å². The molecule has 1 fully saturated rings. The van der Waals surface area contributed by atoms with Gasteiger partial charge in [0.1, 0.15) is 6.17 Å². The van der Waals surface area contributed by atoms with E-state index >= 15 is 0 Å². The Balaban J connectivity index is 2.27. The monoisotopic (exact) mass is 202 g/mol. The molecule has 1 heterocycles. The standard InChI is InChI=1S/C10H19FN2O/c1-10(2,3)12-9(14)7-13-5-4-8(11)6-13/h8H,4-7H2,1-3H3,(H,12,14)/t8-/m1/s1. The van der Waals surface area contributed by atoms with E-state index < -0.39 is 6.17 Å². The van der Waals surface area contributed by atoms with Gasteiger partial charge in [0.2, 0.25) is 5.91 Å². The van der Waals surface area contributed by atoms with Crippen molar-refractivity contribution in [2.75, 3.05) is 19.6 Å². The molecule has 1 aliphatic rings. The minimum atomic E-state index is -0.752. The Hall–Kier alpha value is -0.640. The van der Waals surface area contributed by atoms with Gasteiger partial charge in [-0.1, -0.05) is 0 Å². The van der Waals surface area contributed by atoms with E-state index in [4.69, 9.17) is 0 Å². The molecule has 0 saturated carbocycles. The molecule has 0 aliphatic carbocycles. The van der Waals surface area contributed by atoms with E-state index in [0.29, 0.717) is 26.1 Å². The van der Waals surface area contributed by atoms with Crippen LogP contribution in [0.4, 0.5) is 4.39 Å². The maximum Gasteiger partial charge on any atom is 0.234 e. The summed E-state index contributed by atoms with van der Waals surface area (Å²) in [6, 6.07) is 0. The van der Waals surface area contributed by atoms with Crippen LogP contribution >= 0.6 is 0 Å². The number of hydrogen-bond donors (Lipinski definition) is 1. The molecule has 0 bridgehead atoms. The molecule has 4 heteroatoms. The summed E-state index contributed by atoms with van der Waals surface area (Å²) in [6.07, 6.45) is -0.194. The van der Waals surface area contributed by atoms with Crippen LogP contribution in [0.1, 0.15) is 27.2 Å². The Kier molecular flexibility index (Phi) is 3.48. The zero-order valence-corrected chi connectivity index (χ0v) is 9.14. The van der Waals surface area contributed by atoms with Crippen molar-refractivity contribution in [3.05, 3.63) is 0 Å². The molecule has 3 nitrogen and oxygen atoms in total. The van der Waals surface area contributed by atoms with E-state index in [1.165, 1.54) is 0 Å². The van der Waals surface area contributed by atoms with Crippen LogP contribution in [0.3, 0.4) is 0 Å². The van der Waals surface area contributed by atoms with E-state index in [-0.39, 0.29) is 11.4 Å². The number of hydrogen-bond acceptors (Lipinski definition) is 2. The average molecular weight is 202 g/mol. The first kappa shape index (κ1) is 11.4. The minimum absolute atomic E-state index is 0.0217. The van der Waals surface area contributed by atoms with Gasteiger partial charge >= 0.3 is 0 Å². The summed E-state index contributed by atoms with van der Waals surface area (Å²) < 4.78 is 12.8. The minimum Gasteiger partial charge on any atom is -0.350 e. The molecule has 0 aromatic carbocycles. The van der Waals surface area contributed by atoms with Crippen molar-refractivity contribution in [1.82, 2.24) is 10.2 Å². The lowest BCUT2D eigenvalue weighted by Crippen LogP contribution is -2.45. The number of nitrogens with one attached hydrogen (secondary N) is 1. The predicted molar refractivity (Wildman–Crippen MR) is 53.8 cm³/mol. The molecule has 82 valence electrons. The number of alkyl halides is 1.